The summed E-state index contributed by atoms with van der Waals surface area (Å²) in [6.07, 6.45) is -3.38. The molecular formula is C12H7F5O4S. The van der Waals surface area contributed by atoms with Crippen LogP contribution in [0.3, 0.4) is 0 Å². The SMILES string of the molecule is O=S(=O)(O)OC1(c2ccccc2)C(F)=C(F)C(F)=C(F)C1F. The number of benzene rings is 1. The van der Waals surface area contributed by atoms with Gasteiger partial charge in [0.05, 0.1) is 0 Å². The number of allylic oxidation sites excluding steroid dienone is 2. The van der Waals surface area contributed by atoms with Crippen LogP contribution in [-0.2, 0) is 20.2 Å². The van der Waals surface area contributed by atoms with Gasteiger partial charge in [-0.1, -0.05) is 30.3 Å². The first-order valence-electron chi connectivity index (χ1n) is 5.60. The maximum Gasteiger partial charge on any atom is 0.398 e. The van der Waals surface area contributed by atoms with Crippen LogP contribution in [0.2, 0.25) is 0 Å². The average Bonchev–Trinajstić information content (AvgIpc) is 2.47. The molecule has 10 heteroatoms. The van der Waals surface area contributed by atoms with Crippen molar-refractivity contribution in [1.29, 1.82) is 0 Å². The average molecular weight is 342 g/mol. The number of hydrogen-bond acceptors (Lipinski definition) is 3. The monoisotopic (exact) mass is 342 g/mol. The van der Waals surface area contributed by atoms with Crippen molar-refractivity contribution in [2.24, 2.45) is 0 Å². The van der Waals surface area contributed by atoms with Gasteiger partial charge in [-0.15, -0.1) is 0 Å². The summed E-state index contributed by atoms with van der Waals surface area (Å²) < 4.78 is 103. The van der Waals surface area contributed by atoms with Crippen molar-refractivity contribution < 1.29 is 39.1 Å². The Kier molecular flexibility index (Phi) is 4.11. The van der Waals surface area contributed by atoms with Gasteiger partial charge in [-0.25, -0.2) is 26.1 Å². The summed E-state index contributed by atoms with van der Waals surface area (Å²) in [5.41, 5.74) is -4.23. The van der Waals surface area contributed by atoms with E-state index >= 15 is 0 Å². The van der Waals surface area contributed by atoms with Gasteiger partial charge in [0.2, 0.25) is 5.60 Å². The van der Waals surface area contributed by atoms with Crippen molar-refractivity contribution in [2.75, 3.05) is 0 Å². The van der Waals surface area contributed by atoms with Crippen molar-refractivity contribution in [1.82, 2.24) is 0 Å². The van der Waals surface area contributed by atoms with Crippen molar-refractivity contribution in [3.8, 4) is 0 Å². The molecule has 4 nitrogen and oxygen atoms in total. The van der Waals surface area contributed by atoms with Gasteiger partial charge in [0.15, 0.2) is 29.5 Å². The van der Waals surface area contributed by atoms with Crippen LogP contribution in [0, 0.1) is 0 Å². The molecule has 1 aromatic carbocycles. The van der Waals surface area contributed by atoms with Crippen LogP contribution in [0.5, 0.6) is 0 Å². The number of alkyl halides is 1. The summed E-state index contributed by atoms with van der Waals surface area (Å²) in [6, 6.07) is 5.46. The maximum atomic E-state index is 14.2. The van der Waals surface area contributed by atoms with Gasteiger partial charge in [0, 0.05) is 0 Å². The molecule has 1 N–H and O–H groups in total. The summed E-state index contributed by atoms with van der Waals surface area (Å²) in [6.45, 7) is 0. The van der Waals surface area contributed by atoms with Crippen LogP contribution in [-0.4, -0.2) is 19.1 Å². The lowest BCUT2D eigenvalue weighted by molar-refractivity contribution is -0.00762. The van der Waals surface area contributed by atoms with Crippen LogP contribution in [0.15, 0.2) is 53.6 Å². The fourth-order valence-electron chi connectivity index (χ4n) is 2.02. The van der Waals surface area contributed by atoms with Gasteiger partial charge in [-0.3, -0.25) is 4.55 Å². The van der Waals surface area contributed by atoms with Gasteiger partial charge < -0.3 is 0 Å². The Morgan fingerprint density at radius 1 is 1.05 bits per heavy atom. The molecule has 0 saturated heterocycles. The zero-order valence-corrected chi connectivity index (χ0v) is 11.3. The van der Waals surface area contributed by atoms with Gasteiger partial charge in [0.25, 0.3) is 0 Å². The molecule has 2 atom stereocenters. The van der Waals surface area contributed by atoms with Crippen LogP contribution >= 0.6 is 0 Å². The van der Waals surface area contributed by atoms with Crippen LogP contribution in [0.25, 0.3) is 0 Å². The van der Waals surface area contributed by atoms with Crippen LogP contribution in [0.1, 0.15) is 5.56 Å². The van der Waals surface area contributed by atoms with E-state index in [1.54, 1.807) is 0 Å². The third-order valence-electron chi connectivity index (χ3n) is 2.94. The lowest BCUT2D eigenvalue weighted by Gasteiger charge is -2.35. The van der Waals surface area contributed by atoms with E-state index in [1.807, 2.05) is 0 Å². The topological polar surface area (TPSA) is 63.6 Å². The van der Waals surface area contributed by atoms with E-state index in [1.165, 1.54) is 6.07 Å². The minimum Gasteiger partial charge on any atom is -0.263 e. The molecule has 0 aliphatic heterocycles. The fraction of sp³-hybridized carbons (Fsp3) is 0.167. The first kappa shape index (κ1) is 16.6. The summed E-state index contributed by atoms with van der Waals surface area (Å²) in [5.74, 6) is -9.66. The molecule has 0 bridgehead atoms. The first-order valence-corrected chi connectivity index (χ1v) is 6.96. The number of rotatable bonds is 3. The summed E-state index contributed by atoms with van der Waals surface area (Å²) in [4.78, 5) is 0. The smallest absolute Gasteiger partial charge is 0.263 e. The minimum absolute atomic E-state index is 0.685. The van der Waals surface area contributed by atoms with Gasteiger partial charge in [-0.05, 0) is 5.56 Å². The molecule has 0 fully saturated rings. The highest BCUT2D eigenvalue weighted by Gasteiger charge is 2.58. The van der Waals surface area contributed by atoms with E-state index in [4.69, 9.17) is 4.55 Å². The first-order chi connectivity index (χ1) is 10.1. The Morgan fingerprint density at radius 3 is 2.09 bits per heavy atom. The Bertz CT molecular complexity index is 759. The van der Waals surface area contributed by atoms with E-state index in [0.717, 1.165) is 24.3 Å². The lowest BCUT2D eigenvalue weighted by atomic mass is 9.83. The molecule has 120 valence electrons. The van der Waals surface area contributed by atoms with Crippen LogP contribution in [0.4, 0.5) is 22.0 Å². The van der Waals surface area contributed by atoms with Crippen molar-refractivity contribution in [2.45, 2.75) is 11.8 Å². The van der Waals surface area contributed by atoms with Crippen molar-refractivity contribution >= 4 is 10.4 Å². The normalized spacial score (nSPS) is 26.5. The lowest BCUT2D eigenvalue weighted by Crippen LogP contribution is -2.45. The molecule has 0 saturated carbocycles. The molecule has 2 rings (SSSR count). The fourth-order valence-corrected chi connectivity index (χ4v) is 2.60. The van der Waals surface area contributed by atoms with E-state index < -0.39 is 51.0 Å². The summed E-state index contributed by atoms with van der Waals surface area (Å²) in [5, 5.41) is 0. The quantitative estimate of drug-likeness (QED) is 0.676. The molecular weight excluding hydrogens is 335 g/mol. The Labute approximate surface area is 121 Å². The van der Waals surface area contributed by atoms with Crippen molar-refractivity contribution in [3.63, 3.8) is 0 Å². The molecule has 1 aromatic rings. The highest BCUT2D eigenvalue weighted by atomic mass is 32.3. The Balaban J connectivity index is 2.81. The van der Waals surface area contributed by atoms with Crippen molar-refractivity contribution in [3.05, 3.63) is 59.2 Å². The zero-order valence-electron chi connectivity index (χ0n) is 10.4. The molecule has 0 spiro atoms. The second-order valence-electron chi connectivity index (χ2n) is 4.27. The van der Waals surface area contributed by atoms with Gasteiger partial charge in [0.1, 0.15) is 0 Å². The standard InChI is InChI=1S/C12H7F5O4S/c13-7-8(14)10(16)12(11(17)9(7)15,21-22(18,19)20)6-4-2-1-3-5-6/h1-5,10H,(H,18,19,20). The van der Waals surface area contributed by atoms with Crippen LogP contribution < -0.4 is 0 Å². The van der Waals surface area contributed by atoms with E-state index in [2.05, 4.69) is 4.18 Å². The summed E-state index contributed by atoms with van der Waals surface area (Å²) in [7, 11) is -5.55. The second kappa shape index (κ2) is 5.45. The van der Waals surface area contributed by atoms with E-state index in [-0.39, 0.29) is 0 Å². The predicted molar refractivity (Wildman–Crippen MR) is 64.1 cm³/mol. The third kappa shape index (κ3) is 2.53. The molecule has 1 aliphatic rings. The predicted octanol–water partition coefficient (Wildman–Crippen LogP) is 3.35. The minimum atomic E-state index is -5.55. The molecule has 22 heavy (non-hydrogen) atoms. The second-order valence-corrected chi connectivity index (χ2v) is 5.29. The largest absolute Gasteiger partial charge is 0.398 e. The van der Waals surface area contributed by atoms with E-state index in [0.29, 0.717) is 0 Å². The number of halogens is 5. The van der Waals surface area contributed by atoms with Gasteiger partial charge in [-0.2, -0.15) is 8.42 Å². The molecule has 0 amide bonds. The molecule has 2 unspecified atom stereocenters. The molecule has 0 aromatic heterocycles. The number of hydrogen-bond donors (Lipinski definition) is 1. The molecule has 0 radical (unpaired) electrons. The summed E-state index contributed by atoms with van der Waals surface area (Å²) >= 11 is 0. The Hall–Kier alpha value is -1.78. The highest BCUT2D eigenvalue weighted by Crippen LogP contribution is 2.50. The third-order valence-corrected chi connectivity index (χ3v) is 3.41. The zero-order chi connectivity index (χ0) is 16.7. The highest BCUT2D eigenvalue weighted by molar-refractivity contribution is 7.80. The Morgan fingerprint density at radius 2 is 1.59 bits per heavy atom. The van der Waals surface area contributed by atoms with E-state index in [9.17, 15) is 30.4 Å². The molecule has 0 heterocycles. The van der Waals surface area contributed by atoms with Gasteiger partial charge >= 0.3 is 10.4 Å². The molecule has 1 aliphatic carbocycles. The maximum absolute atomic E-state index is 14.2.